The predicted molar refractivity (Wildman–Crippen MR) is 132 cm³/mol. The van der Waals surface area contributed by atoms with Gasteiger partial charge in [0.2, 0.25) is 0 Å². The Morgan fingerprint density at radius 1 is 1.06 bits per heavy atom. The number of para-hydroxylation sites is 1. The van der Waals surface area contributed by atoms with Crippen molar-refractivity contribution < 1.29 is 4.79 Å². The number of hydrogen-bond acceptors (Lipinski definition) is 6. The number of aromatic nitrogens is 1. The minimum atomic E-state index is -0.0518. The van der Waals surface area contributed by atoms with E-state index >= 15 is 0 Å². The molecule has 2 aliphatic heterocycles. The molecular weight excluding hydrogens is 440 g/mol. The molecule has 168 valence electrons. The van der Waals surface area contributed by atoms with Crippen LogP contribution in [-0.2, 0) is 11.3 Å². The Kier molecular flexibility index (Phi) is 5.75. The van der Waals surface area contributed by atoms with Crippen LogP contribution in [0.2, 0.25) is 0 Å². The minimum absolute atomic E-state index is 0.0227. The van der Waals surface area contributed by atoms with Crippen molar-refractivity contribution in [1.82, 2.24) is 9.58 Å². The summed E-state index contributed by atoms with van der Waals surface area (Å²) in [6.45, 7) is 7.26. The van der Waals surface area contributed by atoms with E-state index in [0.717, 1.165) is 58.2 Å². The number of rotatable bonds is 3. The number of hydrogen-bond donors (Lipinski definition) is 0. The van der Waals surface area contributed by atoms with Gasteiger partial charge in [-0.15, -0.1) is 11.3 Å². The number of hydrazone groups is 1. The molecule has 2 aromatic rings. The van der Waals surface area contributed by atoms with Gasteiger partial charge in [-0.3, -0.25) is 14.2 Å². The van der Waals surface area contributed by atoms with Gasteiger partial charge in [-0.05, 0) is 45.7 Å². The number of carbonyl (C=O) groups excluding carboxylic acids is 1. The Morgan fingerprint density at radius 2 is 1.81 bits per heavy atom. The van der Waals surface area contributed by atoms with Crippen molar-refractivity contribution in [2.24, 2.45) is 5.10 Å². The maximum absolute atomic E-state index is 13.5. The highest BCUT2D eigenvalue weighted by Gasteiger charge is 2.35. The molecular formula is C24H28N4O2S2. The average molecular weight is 469 g/mol. The second-order valence-electron chi connectivity index (χ2n) is 8.41. The highest BCUT2D eigenvalue weighted by Crippen LogP contribution is 2.45. The van der Waals surface area contributed by atoms with Crippen molar-refractivity contribution >= 4 is 51.0 Å². The lowest BCUT2D eigenvalue weighted by atomic mass is 9.95. The van der Waals surface area contributed by atoms with Crippen LogP contribution in [0, 0.1) is 0 Å². The monoisotopic (exact) mass is 468 g/mol. The molecule has 3 heterocycles. The number of amides is 1. The van der Waals surface area contributed by atoms with Gasteiger partial charge in [0.15, 0.2) is 0 Å². The first-order valence-corrected chi connectivity index (χ1v) is 13.1. The van der Waals surface area contributed by atoms with Crippen LogP contribution in [-0.4, -0.2) is 33.8 Å². The molecule has 0 atom stereocenters. The summed E-state index contributed by atoms with van der Waals surface area (Å²) in [6, 6.07) is 8.42. The largest absolute Gasteiger partial charge is 0.334 e. The molecule has 0 bridgehead atoms. The van der Waals surface area contributed by atoms with Crippen molar-refractivity contribution in [2.45, 2.75) is 70.4 Å². The smallest absolute Gasteiger partial charge is 0.279 e. The standard InChI is InChI=1S/C24H28N4O2S2/c1-4-26-17-13-9-10-14-18(17)31-24(26)20-22(30)27(5-2)23(32-20)19-15(3)25-28(21(19)29)16-11-7-6-8-12-16/h9-10,13-14,16H,4-8,11-12H2,1-3H3. The van der Waals surface area contributed by atoms with Gasteiger partial charge in [0, 0.05) is 18.0 Å². The van der Waals surface area contributed by atoms with Gasteiger partial charge in [0.25, 0.3) is 11.5 Å². The van der Waals surface area contributed by atoms with Crippen LogP contribution in [0.4, 0.5) is 5.69 Å². The first-order valence-electron chi connectivity index (χ1n) is 11.5. The SMILES string of the molecule is CCN1C(=c2sc(=C3C(=O)N(C4CCCCC4)N=C3C)n(CC)c2=O)Sc2ccccc21. The van der Waals surface area contributed by atoms with E-state index in [9.17, 15) is 9.59 Å². The summed E-state index contributed by atoms with van der Waals surface area (Å²) in [6.07, 6.45) is 5.52. The third kappa shape index (κ3) is 3.35. The van der Waals surface area contributed by atoms with Crippen molar-refractivity contribution in [3.63, 3.8) is 0 Å². The second kappa shape index (κ2) is 8.56. The van der Waals surface area contributed by atoms with E-state index in [4.69, 9.17) is 0 Å². The Bertz CT molecular complexity index is 1280. The first kappa shape index (κ1) is 21.5. The van der Waals surface area contributed by atoms with Gasteiger partial charge >= 0.3 is 0 Å². The van der Waals surface area contributed by atoms with Crippen molar-refractivity contribution in [3.05, 3.63) is 43.8 Å². The number of benzene rings is 1. The predicted octanol–water partition coefficient (Wildman–Crippen LogP) is 3.33. The summed E-state index contributed by atoms with van der Waals surface area (Å²) in [5.74, 6) is -0.0518. The Hall–Kier alpha value is -2.32. The van der Waals surface area contributed by atoms with E-state index < -0.39 is 0 Å². The molecule has 0 spiro atoms. The lowest BCUT2D eigenvalue weighted by Gasteiger charge is -2.27. The molecule has 0 radical (unpaired) electrons. The average Bonchev–Trinajstić information content (AvgIpc) is 3.44. The quantitative estimate of drug-likeness (QED) is 0.693. The summed E-state index contributed by atoms with van der Waals surface area (Å²) < 4.78 is 3.19. The fraction of sp³-hybridized carbons (Fsp3) is 0.458. The van der Waals surface area contributed by atoms with Crippen LogP contribution in [0.3, 0.4) is 0 Å². The Balaban J connectivity index is 1.68. The molecule has 1 aromatic heterocycles. The van der Waals surface area contributed by atoms with Crippen LogP contribution in [0.1, 0.15) is 52.9 Å². The zero-order valence-electron chi connectivity index (χ0n) is 18.8. The summed E-state index contributed by atoms with van der Waals surface area (Å²) >= 11 is 3.08. The first-order chi connectivity index (χ1) is 15.5. The maximum Gasteiger partial charge on any atom is 0.279 e. The van der Waals surface area contributed by atoms with Gasteiger partial charge in [-0.25, -0.2) is 5.01 Å². The molecule has 1 saturated carbocycles. The fourth-order valence-electron chi connectivity index (χ4n) is 4.88. The van der Waals surface area contributed by atoms with Crippen LogP contribution in [0.15, 0.2) is 39.1 Å². The van der Waals surface area contributed by atoms with E-state index in [-0.39, 0.29) is 17.5 Å². The van der Waals surface area contributed by atoms with Gasteiger partial charge in [0.05, 0.1) is 23.0 Å². The van der Waals surface area contributed by atoms with E-state index in [1.54, 1.807) is 21.3 Å². The third-order valence-electron chi connectivity index (χ3n) is 6.49. The van der Waals surface area contributed by atoms with E-state index in [1.165, 1.54) is 17.8 Å². The molecule has 6 nitrogen and oxygen atoms in total. The van der Waals surface area contributed by atoms with Crippen molar-refractivity contribution in [2.75, 3.05) is 11.4 Å². The topological polar surface area (TPSA) is 57.9 Å². The summed E-state index contributed by atoms with van der Waals surface area (Å²) in [7, 11) is 0. The molecule has 0 N–H and O–H groups in total. The molecule has 0 unspecified atom stereocenters. The van der Waals surface area contributed by atoms with Crippen LogP contribution in [0.5, 0.6) is 0 Å². The molecule has 1 fully saturated rings. The Labute approximate surface area is 195 Å². The number of anilines is 1. The number of thiazole rings is 1. The van der Waals surface area contributed by atoms with Crippen LogP contribution < -0.4 is 19.7 Å². The minimum Gasteiger partial charge on any atom is -0.334 e. The summed E-state index contributed by atoms with van der Waals surface area (Å²) in [4.78, 5) is 30.3. The fourth-order valence-corrected chi connectivity index (χ4v) is 7.54. The zero-order valence-corrected chi connectivity index (χ0v) is 20.4. The van der Waals surface area contributed by atoms with E-state index in [1.807, 2.05) is 26.0 Å². The van der Waals surface area contributed by atoms with Crippen molar-refractivity contribution in [3.8, 4) is 0 Å². The third-order valence-corrected chi connectivity index (χ3v) is 9.00. The highest BCUT2D eigenvalue weighted by molar-refractivity contribution is 8.08. The molecule has 8 heteroatoms. The van der Waals surface area contributed by atoms with Gasteiger partial charge < -0.3 is 4.90 Å². The molecule has 1 aromatic carbocycles. The molecule has 1 amide bonds. The lowest BCUT2D eigenvalue weighted by molar-refractivity contribution is -0.126. The maximum atomic E-state index is 13.5. The van der Waals surface area contributed by atoms with Gasteiger partial charge in [-0.2, -0.15) is 5.10 Å². The molecule has 0 saturated heterocycles. The number of thioether (sulfide) groups is 1. The number of fused-ring (bicyclic) bond motifs is 1. The van der Waals surface area contributed by atoms with Crippen molar-refractivity contribution in [1.29, 1.82) is 0 Å². The highest BCUT2D eigenvalue weighted by atomic mass is 32.2. The van der Waals surface area contributed by atoms with E-state index in [0.29, 0.717) is 16.7 Å². The molecule has 1 aliphatic carbocycles. The lowest BCUT2D eigenvalue weighted by Crippen LogP contribution is -2.38. The van der Waals surface area contributed by atoms with Gasteiger partial charge in [0.1, 0.15) is 14.2 Å². The zero-order chi connectivity index (χ0) is 22.4. The summed E-state index contributed by atoms with van der Waals surface area (Å²) in [5.41, 5.74) is 2.42. The normalized spacial score (nSPS) is 22.6. The molecule has 32 heavy (non-hydrogen) atoms. The number of nitrogens with zero attached hydrogens (tertiary/aromatic N) is 4. The molecule has 5 rings (SSSR count). The summed E-state index contributed by atoms with van der Waals surface area (Å²) in [5, 5.41) is 7.31. The van der Waals surface area contributed by atoms with Crippen LogP contribution >= 0.6 is 23.1 Å². The number of carbonyl (C=O) groups is 1. The Morgan fingerprint density at radius 3 is 2.53 bits per heavy atom. The van der Waals surface area contributed by atoms with E-state index in [2.05, 4.69) is 29.1 Å². The molecule has 3 aliphatic rings. The van der Waals surface area contributed by atoms with Gasteiger partial charge in [-0.1, -0.05) is 43.2 Å². The second-order valence-corrected chi connectivity index (χ2v) is 10.4. The van der Waals surface area contributed by atoms with Crippen LogP contribution in [0.25, 0.3) is 10.6 Å².